The van der Waals surface area contributed by atoms with E-state index >= 15 is 0 Å². The lowest BCUT2D eigenvalue weighted by Gasteiger charge is -2.42. The Balaban J connectivity index is 1.99. The largest absolute Gasteiger partial charge is 0.478 e. The molecule has 0 radical (unpaired) electrons. The van der Waals surface area contributed by atoms with E-state index in [9.17, 15) is 4.79 Å². The average molecular weight is 287 g/mol. The minimum absolute atomic E-state index is 0.542. The van der Waals surface area contributed by atoms with Gasteiger partial charge in [-0.15, -0.1) is 0 Å². The van der Waals surface area contributed by atoms with Crippen LogP contribution in [0.1, 0.15) is 45.1 Å². The standard InChI is InChI=1S/C18H25NO2/c1-3-18(4-2)11-13-19(14-12-18)16-8-5-15(6-9-16)7-10-17(20)21/h5-10H,3-4,11-14H2,1-2H3,(H,20,21). The second kappa shape index (κ2) is 6.79. The molecule has 1 aliphatic heterocycles. The zero-order valence-electron chi connectivity index (χ0n) is 13.0. The monoisotopic (exact) mass is 287 g/mol. The summed E-state index contributed by atoms with van der Waals surface area (Å²) in [5.74, 6) is -0.912. The Morgan fingerprint density at radius 1 is 1.19 bits per heavy atom. The van der Waals surface area contributed by atoms with E-state index in [-0.39, 0.29) is 0 Å². The second-order valence-electron chi connectivity index (χ2n) is 5.96. The van der Waals surface area contributed by atoms with Gasteiger partial charge in [-0.05, 0) is 42.0 Å². The van der Waals surface area contributed by atoms with Crippen LogP contribution in [0.25, 0.3) is 6.08 Å². The minimum Gasteiger partial charge on any atom is -0.478 e. The van der Waals surface area contributed by atoms with Crippen LogP contribution >= 0.6 is 0 Å². The zero-order chi connectivity index (χ0) is 15.3. The van der Waals surface area contributed by atoms with Gasteiger partial charge in [-0.2, -0.15) is 0 Å². The highest BCUT2D eigenvalue weighted by molar-refractivity contribution is 5.85. The molecule has 114 valence electrons. The van der Waals surface area contributed by atoms with Gasteiger partial charge in [0, 0.05) is 24.9 Å². The van der Waals surface area contributed by atoms with Crippen LogP contribution in [-0.2, 0) is 4.79 Å². The maximum Gasteiger partial charge on any atom is 0.328 e. The number of anilines is 1. The quantitative estimate of drug-likeness (QED) is 0.825. The average Bonchev–Trinajstić information content (AvgIpc) is 2.53. The van der Waals surface area contributed by atoms with Crippen molar-refractivity contribution in [2.24, 2.45) is 5.41 Å². The van der Waals surface area contributed by atoms with Crippen LogP contribution < -0.4 is 4.90 Å². The first-order chi connectivity index (χ1) is 10.1. The molecule has 0 amide bonds. The van der Waals surface area contributed by atoms with Crippen molar-refractivity contribution in [1.29, 1.82) is 0 Å². The molecule has 1 aromatic rings. The summed E-state index contributed by atoms with van der Waals surface area (Å²) in [6.45, 7) is 6.85. The zero-order valence-corrected chi connectivity index (χ0v) is 13.0. The van der Waals surface area contributed by atoms with Gasteiger partial charge in [-0.25, -0.2) is 4.79 Å². The summed E-state index contributed by atoms with van der Waals surface area (Å²) in [6.07, 6.45) is 7.88. The predicted molar refractivity (Wildman–Crippen MR) is 87.6 cm³/mol. The maximum absolute atomic E-state index is 10.5. The normalized spacial score (nSPS) is 18.1. The summed E-state index contributed by atoms with van der Waals surface area (Å²) in [4.78, 5) is 12.9. The molecule has 1 fully saturated rings. The molecule has 0 atom stereocenters. The number of benzene rings is 1. The van der Waals surface area contributed by atoms with Gasteiger partial charge in [-0.1, -0.05) is 38.8 Å². The molecule has 0 aliphatic carbocycles. The first kappa shape index (κ1) is 15.6. The first-order valence-corrected chi connectivity index (χ1v) is 7.84. The lowest BCUT2D eigenvalue weighted by Crippen LogP contribution is -2.39. The second-order valence-corrected chi connectivity index (χ2v) is 5.96. The van der Waals surface area contributed by atoms with Gasteiger partial charge in [0.25, 0.3) is 0 Å². The van der Waals surface area contributed by atoms with Crippen molar-refractivity contribution < 1.29 is 9.90 Å². The Morgan fingerprint density at radius 2 is 1.76 bits per heavy atom. The topological polar surface area (TPSA) is 40.5 Å². The molecule has 3 heteroatoms. The fourth-order valence-electron chi connectivity index (χ4n) is 3.16. The fraction of sp³-hybridized carbons (Fsp3) is 0.500. The number of carbonyl (C=O) groups is 1. The molecule has 2 rings (SSSR count). The highest BCUT2D eigenvalue weighted by atomic mass is 16.4. The van der Waals surface area contributed by atoms with Gasteiger partial charge >= 0.3 is 5.97 Å². The number of hydrogen-bond donors (Lipinski definition) is 1. The molecule has 1 saturated heterocycles. The number of aliphatic carboxylic acids is 1. The highest BCUT2D eigenvalue weighted by Crippen LogP contribution is 2.39. The predicted octanol–water partition coefficient (Wildman–Crippen LogP) is 4.19. The van der Waals surface area contributed by atoms with Gasteiger partial charge < -0.3 is 10.0 Å². The molecule has 21 heavy (non-hydrogen) atoms. The molecular formula is C18H25NO2. The van der Waals surface area contributed by atoms with Crippen molar-refractivity contribution >= 4 is 17.7 Å². The summed E-state index contributed by atoms with van der Waals surface area (Å²) in [6, 6.07) is 8.14. The van der Waals surface area contributed by atoms with E-state index in [4.69, 9.17) is 5.11 Å². The van der Waals surface area contributed by atoms with Gasteiger partial charge in [0.1, 0.15) is 0 Å². The van der Waals surface area contributed by atoms with Gasteiger partial charge in [-0.3, -0.25) is 0 Å². The molecule has 0 bridgehead atoms. The molecule has 0 spiro atoms. The summed E-state index contributed by atoms with van der Waals surface area (Å²) >= 11 is 0. The van der Waals surface area contributed by atoms with Gasteiger partial charge in [0.05, 0.1) is 0 Å². The van der Waals surface area contributed by atoms with Gasteiger partial charge in [0.15, 0.2) is 0 Å². The summed E-state index contributed by atoms with van der Waals surface area (Å²) < 4.78 is 0. The smallest absolute Gasteiger partial charge is 0.328 e. The Morgan fingerprint density at radius 3 is 2.24 bits per heavy atom. The number of rotatable bonds is 5. The third-order valence-electron chi connectivity index (χ3n) is 5.00. The van der Waals surface area contributed by atoms with Crippen molar-refractivity contribution in [3.8, 4) is 0 Å². The summed E-state index contributed by atoms with van der Waals surface area (Å²) in [7, 11) is 0. The summed E-state index contributed by atoms with van der Waals surface area (Å²) in [5.41, 5.74) is 2.71. The Kier molecular flexibility index (Phi) is 5.05. The molecule has 1 heterocycles. The molecule has 0 saturated carbocycles. The van der Waals surface area contributed by atoms with E-state index in [2.05, 4.69) is 30.9 Å². The Labute approximate surface area is 127 Å². The van der Waals surface area contributed by atoms with Crippen molar-refractivity contribution in [2.75, 3.05) is 18.0 Å². The lowest BCUT2D eigenvalue weighted by atomic mass is 9.74. The van der Waals surface area contributed by atoms with Crippen molar-refractivity contribution in [1.82, 2.24) is 0 Å². The van der Waals surface area contributed by atoms with Crippen LogP contribution in [0.3, 0.4) is 0 Å². The molecule has 3 nitrogen and oxygen atoms in total. The molecule has 0 aromatic heterocycles. The van der Waals surface area contributed by atoms with Crippen molar-refractivity contribution in [3.63, 3.8) is 0 Å². The number of nitrogens with zero attached hydrogens (tertiary/aromatic N) is 1. The van der Waals surface area contributed by atoms with E-state index in [1.165, 1.54) is 37.4 Å². The van der Waals surface area contributed by atoms with Crippen LogP contribution in [-0.4, -0.2) is 24.2 Å². The Hall–Kier alpha value is -1.77. The van der Waals surface area contributed by atoms with Crippen LogP contribution in [0.15, 0.2) is 30.3 Å². The SMILES string of the molecule is CCC1(CC)CCN(c2ccc(C=CC(=O)O)cc2)CC1. The number of carboxylic acids is 1. The molecule has 0 unspecified atom stereocenters. The van der Waals surface area contributed by atoms with E-state index < -0.39 is 5.97 Å². The maximum atomic E-state index is 10.5. The van der Waals surface area contributed by atoms with Crippen LogP contribution in [0, 0.1) is 5.41 Å². The number of carboxylic acid groups (broad SMARTS) is 1. The van der Waals surface area contributed by atoms with Crippen LogP contribution in [0.2, 0.25) is 0 Å². The van der Waals surface area contributed by atoms with Gasteiger partial charge in [0.2, 0.25) is 0 Å². The molecular weight excluding hydrogens is 262 g/mol. The fourth-order valence-corrected chi connectivity index (χ4v) is 3.16. The van der Waals surface area contributed by atoms with E-state index in [1.807, 2.05) is 12.1 Å². The van der Waals surface area contributed by atoms with E-state index in [0.29, 0.717) is 5.41 Å². The Bertz CT molecular complexity index is 490. The number of hydrogen-bond acceptors (Lipinski definition) is 2. The van der Waals surface area contributed by atoms with Crippen molar-refractivity contribution in [3.05, 3.63) is 35.9 Å². The van der Waals surface area contributed by atoms with Crippen LogP contribution in [0.5, 0.6) is 0 Å². The van der Waals surface area contributed by atoms with E-state index in [1.54, 1.807) is 6.08 Å². The van der Waals surface area contributed by atoms with Crippen LogP contribution in [0.4, 0.5) is 5.69 Å². The van der Waals surface area contributed by atoms with Crippen molar-refractivity contribution in [2.45, 2.75) is 39.5 Å². The first-order valence-electron chi connectivity index (χ1n) is 7.84. The lowest BCUT2D eigenvalue weighted by molar-refractivity contribution is -0.131. The third-order valence-corrected chi connectivity index (χ3v) is 5.00. The molecule has 1 N–H and O–H groups in total. The molecule has 1 aromatic carbocycles. The number of piperidine rings is 1. The summed E-state index contributed by atoms with van der Waals surface area (Å²) in [5, 5.41) is 8.63. The highest BCUT2D eigenvalue weighted by Gasteiger charge is 2.31. The molecule has 1 aliphatic rings. The minimum atomic E-state index is -0.912. The third kappa shape index (κ3) is 3.87. The van der Waals surface area contributed by atoms with E-state index in [0.717, 1.165) is 18.7 Å².